The number of nitrogens with one attached hydrogen (secondary N) is 1. The van der Waals surface area contributed by atoms with Gasteiger partial charge in [-0.15, -0.1) is 11.3 Å². The van der Waals surface area contributed by atoms with Crippen molar-refractivity contribution in [3.63, 3.8) is 0 Å². The number of hydrogen-bond donors (Lipinski definition) is 2. The Morgan fingerprint density at radius 1 is 1.03 bits per heavy atom. The number of pyridine rings is 1. The van der Waals surface area contributed by atoms with E-state index in [2.05, 4.69) is 26.3 Å². The SMILES string of the molecule is NC(=O)CN1CCC(c2ccc(-c3ccc4nccc(Nc5ccc6scnc6c5)c4c3)c(F)c2)CC1. The van der Waals surface area contributed by atoms with Crippen LogP contribution in [-0.4, -0.2) is 40.4 Å². The molecule has 3 heterocycles. The van der Waals surface area contributed by atoms with Crippen molar-refractivity contribution in [1.82, 2.24) is 14.9 Å². The number of anilines is 2. The van der Waals surface area contributed by atoms with E-state index >= 15 is 4.39 Å². The van der Waals surface area contributed by atoms with E-state index in [9.17, 15) is 4.79 Å². The predicted octanol–water partition coefficient (Wildman–Crippen LogP) is 6.06. The molecule has 1 aliphatic heterocycles. The number of amides is 1. The molecular weight excluding hydrogens is 485 g/mol. The summed E-state index contributed by atoms with van der Waals surface area (Å²) in [6.45, 7) is 1.87. The Labute approximate surface area is 218 Å². The fourth-order valence-corrected chi connectivity index (χ4v) is 5.84. The average molecular weight is 512 g/mol. The fourth-order valence-electron chi connectivity index (χ4n) is 5.18. The third kappa shape index (κ3) is 4.90. The molecule has 1 amide bonds. The summed E-state index contributed by atoms with van der Waals surface area (Å²) in [5.74, 6) is -0.263. The lowest BCUT2D eigenvalue weighted by Crippen LogP contribution is -2.39. The Morgan fingerprint density at radius 2 is 1.89 bits per heavy atom. The highest BCUT2D eigenvalue weighted by Gasteiger charge is 2.22. The van der Waals surface area contributed by atoms with Crippen LogP contribution in [0.3, 0.4) is 0 Å². The first-order valence-corrected chi connectivity index (χ1v) is 13.2. The number of hydrogen-bond acceptors (Lipinski definition) is 6. The van der Waals surface area contributed by atoms with Gasteiger partial charge >= 0.3 is 0 Å². The van der Waals surface area contributed by atoms with Gasteiger partial charge in [0.1, 0.15) is 5.82 Å². The van der Waals surface area contributed by atoms with E-state index in [-0.39, 0.29) is 24.2 Å². The van der Waals surface area contributed by atoms with Gasteiger partial charge in [0.15, 0.2) is 0 Å². The van der Waals surface area contributed by atoms with E-state index in [0.29, 0.717) is 5.56 Å². The van der Waals surface area contributed by atoms with Crippen molar-refractivity contribution in [2.24, 2.45) is 5.73 Å². The highest BCUT2D eigenvalue weighted by Crippen LogP contribution is 2.34. The quantitative estimate of drug-likeness (QED) is 0.290. The number of piperidine rings is 1. The molecule has 8 heteroatoms. The Balaban J connectivity index is 1.26. The normalized spacial score (nSPS) is 14.8. The number of nitrogens with zero attached hydrogens (tertiary/aromatic N) is 3. The van der Waals surface area contributed by atoms with Crippen LogP contribution in [0.25, 0.3) is 32.2 Å². The van der Waals surface area contributed by atoms with Crippen molar-refractivity contribution in [1.29, 1.82) is 0 Å². The molecule has 3 aromatic carbocycles. The largest absolute Gasteiger partial charge is 0.369 e. The lowest BCUT2D eigenvalue weighted by molar-refractivity contribution is -0.119. The van der Waals surface area contributed by atoms with Crippen molar-refractivity contribution in [2.75, 3.05) is 25.0 Å². The van der Waals surface area contributed by atoms with Crippen LogP contribution in [0.15, 0.2) is 72.4 Å². The Hall–Kier alpha value is -3.88. The highest BCUT2D eigenvalue weighted by atomic mass is 32.1. The maximum absolute atomic E-state index is 15.4. The molecule has 3 N–H and O–H groups in total. The van der Waals surface area contributed by atoms with E-state index < -0.39 is 0 Å². The number of primary amides is 1. The standard InChI is InChI=1S/C29H26FN5OS/c30-24-14-19(18-8-11-35(12-9-18)16-29(31)36)1-4-22(24)20-2-5-25-23(13-20)26(7-10-32-25)34-21-3-6-28-27(15-21)33-17-37-28/h1-7,10,13-15,17-18H,8-9,11-12,16H2,(H2,31,36)(H,32,34). The number of fused-ring (bicyclic) bond motifs is 2. The van der Waals surface area contributed by atoms with Crippen molar-refractivity contribution >= 4 is 49.7 Å². The van der Waals surface area contributed by atoms with E-state index in [1.807, 2.05) is 54.0 Å². The molecule has 0 radical (unpaired) electrons. The summed E-state index contributed by atoms with van der Waals surface area (Å²) in [5.41, 5.74) is 13.2. The number of carbonyl (C=O) groups excluding carboxylic acids is 1. The van der Waals surface area contributed by atoms with Gasteiger partial charge in [-0.3, -0.25) is 14.7 Å². The smallest absolute Gasteiger partial charge is 0.231 e. The number of benzene rings is 3. The molecule has 6 rings (SSSR count). The number of aromatic nitrogens is 2. The van der Waals surface area contributed by atoms with Gasteiger partial charge in [-0.2, -0.15) is 0 Å². The van der Waals surface area contributed by atoms with Crippen LogP contribution >= 0.6 is 11.3 Å². The van der Waals surface area contributed by atoms with Crippen LogP contribution in [0.2, 0.25) is 0 Å². The van der Waals surface area contributed by atoms with E-state index in [0.717, 1.165) is 69.6 Å². The number of halogens is 1. The van der Waals surface area contributed by atoms with Gasteiger partial charge in [-0.05, 0) is 85.4 Å². The van der Waals surface area contributed by atoms with Crippen LogP contribution in [0.4, 0.5) is 15.8 Å². The Morgan fingerprint density at radius 3 is 2.70 bits per heavy atom. The van der Waals surface area contributed by atoms with Gasteiger partial charge in [0.05, 0.1) is 27.8 Å². The minimum absolute atomic E-state index is 0.233. The van der Waals surface area contributed by atoms with Gasteiger partial charge in [0.25, 0.3) is 0 Å². The molecule has 0 unspecified atom stereocenters. The van der Waals surface area contributed by atoms with Crippen molar-refractivity contribution in [2.45, 2.75) is 18.8 Å². The zero-order chi connectivity index (χ0) is 25.4. The first kappa shape index (κ1) is 23.5. The van der Waals surface area contributed by atoms with Gasteiger partial charge in [-0.1, -0.05) is 18.2 Å². The van der Waals surface area contributed by atoms with Gasteiger partial charge in [-0.25, -0.2) is 9.37 Å². The molecule has 0 spiro atoms. The molecule has 2 aromatic heterocycles. The Bertz CT molecular complexity index is 1610. The maximum atomic E-state index is 15.4. The van der Waals surface area contributed by atoms with E-state index in [4.69, 9.17) is 5.73 Å². The van der Waals surface area contributed by atoms with Crippen LogP contribution in [0.1, 0.15) is 24.3 Å². The zero-order valence-electron chi connectivity index (χ0n) is 20.2. The molecule has 1 aliphatic rings. The van der Waals surface area contributed by atoms with Gasteiger partial charge in [0, 0.05) is 28.5 Å². The van der Waals surface area contributed by atoms with E-state index in [1.165, 1.54) is 0 Å². The van der Waals surface area contributed by atoms with Crippen molar-refractivity contribution in [3.05, 3.63) is 83.8 Å². The number of likely N-dealkylation sites (tertiary alicyclic amines) is 1. The summed E-state index contributed by atoms with van der Waals surface area (Å²) >= 11 is 1.61. The number of thiazole rings is 1. The third-order valence-corrected chi connectivity index (χ3v) is 7.90. The lowest BCUT2D eigenvalue weighted by Gasteiger charge is -2.31. The fraction of sp³-hybridized carbons (Fsp3) is 0.207. The molecule has 186 valence electrons. The lowest BCUT2D eigenvalue weighted by atomic mass is 9.88. The molecule has 0 saturated carbocycles. The van der Waals surface area contributed by atoms with Crippen molar-refractivity contribution in [3.8, 4) is 11.1 Å². The summed E-state index contributed by atoms with van der Waals surface area (Å²) in [5, 5.41) is 4.41. The minimum Gasteiger partial charge on any atom is -0.369 e. The molecule has 1 saturated heterocycles. The second-order valence-electron chi connectivity index (χ2n) is 9.51. The summed E-state index contributed by atoms with van der Waals surface area (Å²) in [6, 6.07) is 19.5. The molecule has 37 heavy (non-hydrogen) atoms. The highest BCUT2D eigenvalue weighted by molar-refractivity contribution is 7.16. The van der Waals surface area contributed by atoms with Crippen molar-refractivity contribution < 1.29 is 9.18 Å². The second-order valence-corrected chi connectivity index (χ2v) is 10.4. The molecule has 0 bridgehead atoms. The second kappa shape index (κ2) is 9.88. The first-order valence-electron chi connectivity index (χ1n) is 12.3. The third-order valence-electron chi connectivity index (χ3n) is 7.09. The monoisotopic (exact) mass is 511 g/mol. The maximum Gasteiger partial charge on any atom is 0.231 e. The van der Waals surface area contributed by atoms with Crippen LogP contribution in [0, 0.1) is 5.82 Å². The minimum atomic E-state index is -0.307. The van der Waals surface area contributed by atoms with Crippen LogP contribution in [0.5, 0.6) is 0 Å². The molecule has 0 atom stereocenters. The topological polar surface area (TPSA) is 84.1 Å². The first-order chi connectivity index (χ1) is 18.0. The summed E-state index contributed by atoms with van der Waals surface area (Å²) in [7, 11) is 0. The molecular formula is C29H26FN5OS. The number of rotatable bonds is 6. The van der Waals surface area contributed by atoms with Gasteiger partial charge < -0.3 is 11.1 Å². The summed E-state index contributed by atoms with van der Waals surface area (Å²) in [6.07, 6.45) is 3.54. The van der Waals surface area contributed by atoms with E-state index in [1.54, 1.807) is 23.6 Å². The number of carbonyl (C=O) groups is 1. The zero-order valence-corrected chi connectivity index (χ0v) is 21.0. The molecule has 6 nitrogen and oxygen atoms in total. The Kier molecular flexibility index (Phi) is 6.28. The predicted molar refractivity (Wildman–Crippen MR) is 148 cm³/mol. The van der Waals surface area contributed by atoms with Crippen LogP contribution in [-0.2, 0) is 4.79 Å². The number of nitrogens with two attached hydrogens (primary N) is 1. The summed E-state index contributed by atoms with van der Waals surface area (Å²) < 4.78 is 16.5. The van der Waals surface area contributed by atoms with Gasteiger partial charge in [0.2, 0.25) is 5.91 Å². The molecule has 5 aromatic rings. The molecule has 0 aliphatic carbocycles. The average Bonchev–Trinajstić information content (AvgIpc) is 3.37. The molecule has 1 fully saturated rings. The van der Waals surface area contributed by atoms with Crippen LogP contribution < -0.4 is 11.1 Å². The summed E-state index contributed by atoms with van der Waals surface area (Å²) in [4.78, 5) is 22.2.